The van der Waals surface area contributed by atoms with Gasteiger partial charge in [0.2, 0.25) is 0 Å². The van der Waals surface area contributed by atoms with Gasteiger partial charge in [-0.2, -0.15) is 0 Å². The average molecular weight is 177 g/mol. The zero-order valence-electron chi connectivity index (χ0n) is 5.57. The number of hydrogen-bond acceptors (Lipinski definition) is 1. The standard InChI is InChI=1S/C7H6F3N.CH4/c8-4-1-6(9)5(3-11)7(10)2-4;/h1-2H,3,11H2;1H4. The Balaban J connectivity index is 0.00000121. The van der Waals surface area contributed by atoms with Crippen LogP contribution in [0.15, 0.2) is 12.1 Å². The lowest BCUT2D eigenvalue weighted by Gasteiger charge is -2.00. The van der Waals surface area contributed by atoms with Gasteiger partial charge in [-0.25, -0.2) is 13.2 Å². The summed E-state index contributed by atoms with van der Waals surface area (Å²) in [6, 6.07) is 1.20. The fourth-order valence-corrected chi connectivity index (χ4v) is 0.767. The highest BCUT2D eigenvalue weighted by atomic mass is 19.1. The van der Waals surface area contributed by atoms with E-state index in [0.29, 0.717) is 12.1 Å². The van der Waals surface area contributed by atoms with E-state index in [9.17, 15) is 13.2 Å². The summed E-state index contributed by atoms with van der Waals surface area (Å²) < 4.78 is 37.3. The van der Waals surface area contributed by atoms with E-state index in [1.54, 1.807) is 0 Å². The lowest BCUT2D eigenvalue weighted by atomic mass is 10.2. The van der Waals surface area contributed by atoms with Gasteiger partial charge < -0.3 is 5.73 Å². The Morgan fingerprint density at radius 2 is 1.50 bits per heavy atom. The van der Waals surface area contributed by atoms with E-state index in [-0.39, 0.29) is 19.5 Å². The molecule has 0 heterocycles. The molecule has 68 valence electrons. The highest BCUT2D eigenvalue weighted by molar-refractivity contribution is 5.20. The molecule has 1 nitrogen and oxygen atoms in total. The van der Waals surface area contributed by atoms with Gasteiger partial charge in [0, 0.05) is 24.2 Å². The molecule has 0 amide bonds. The van der Waals surface area contributed by atoms with E-state index >= 15 is 0 Å². The second-order valence-corrected chi connectivity index (χ2v) is 2.05. The molecule has 0 aliphatic carbocycles. The molecule has 0 saturated heterocycles. The Kier molecular flexibility index (Phi) is 3.76. The van der Waals surface area contributed by atoms with Crippen LogP contribution in [0.2, 0.25) is 0 Å². The number of rotatable bonds is 1. The third-order valence-electron chi connectivity index (χ3n) is 1.31. The molecule has 2 N–H and O–H groups in total. The maximum atomic E-state index is 12.6. The van der Waals surface area contributed by atoms with Crippen molar-refractivity contribution in [1.29, 1.82) is 0 Å². The van der Waals surface area contributed by atoms with E-state index in [4.69, 9.17) is 5.73 Å². The lowest BCUT2D eigenvalue weighted by molar-refractivity contribution is 0.524. The third kappa shape index (κ3) is 1.98. The maximum Gasteiger partial charge on any atom is 0.133 e. The van der Waals surface area contributed by atoms with Crippen LogP contribution in [0.4, 0.5) is 13.2 Å². The smallest absolute Gasteiger partial charge is 0.133 e. The Morgan fingerprint density at radius 3 is 1.83 bits per heavy atom. The monoisotopic (exact) mass is 177 g/mol. The minimum absolute atomic E-state index is 0. The number of nitrogens with two attached hydrogens (primary N) is 1. The van der Waals surface area contributed by atoms with Crippen LogP contribution in [0.3, 0.4) is 0 Å². The van der Waals surface area contributed by atoms with Gasteiger partial charge in [0.25, 0.3) is 0 Å². The van der Waals surface area contributed by atoms with E-state index in [1.807, 2.05) is 0 Å². The second-order valence-electron chi connectivity index (χ2n) is 2.05. The van der Waals surface area contributed by atoms with Crippen LogP contribution in [0.1, 0.15) is 13.0 Å². The van der Waals surface area contributed by atoms with Crippen molar-refractivity contribution >= 4 is 0 Å². The highest BCUT2D eigenvalue weighted by Gasteiger charge is 2.08. The van der Waals surface area contributed by atoms with Gasteiger partial charge in [-0.15, -0.1) is 0 Å². The maximum absolute atomic E-state index is 12.6. The summed E-state index contributed by atoms with van der Waals surface area (Å²) in [5.41, 5.74) is 4.71. The summed E-state index contributed by atoms with van der Waals surface area (Å²) in [5.74, 6) is -2.81. The molecule has 4 heteroatoms. The Bertz CT molecular complexity index is 250. The first-order valence-corrected chi connectivity index (χ1v) is 2.98. The Labute approximate surface area is 69.0 Å². The Hall–Kier alpha value is -1.03. The second kappa shape index (κ2) is 4.11. The number of benzene rings is 1. The van der Waals surface area contributed by atoms with E-state index in [0.717, 1.165) is 0 Å². The fourth-order valence-electron chi connectivity index (χ4n) is 0.767. The molecule has 1 aromatic rings. The molecule has 0 aliphatic rings. The molecule has 0 aliphatic heterocycles. The summed E-state index contributed by atoms with van der Waals surface area (Å²) in [4.78, 5) is 0. The van der Waals surface area contributed by atoms with Gasteiger partial charge in [-0.1, -0.05) is 7.43 Å². The third-order valence-corrected chi connectivity index (χ3v) is 1.31. The first-order valence-electron chi connectivity index (χ1n) is 2.98. The van der Waals surface area contributed by atoms with E-state index in [2.05, 4.69) is 0 Å². The summed E-state index contributed by atoms with van der Waals surface area (Å²) in [6.07, 6.45) is 0. The van der Waals surface area contributed by atoms with Crippen molar-refractivity contribution in [3.63, 3.8) is 0 Å². The summed E-state index contributed by atoms with van der Waals surface area (Å²) >= 11 is 0. The minimum Gasteiger partial charge on any atom is -0.326 e. The van der Waals surface area contributed by atoms with Crippen molar-refractivity contribution in [3.8, 4) is 0 Å². The molecular formula is C8H10F3N. The van der Waals surface area contributed by atoms with Gasteiger partial charge in [0.15, 0.2) is 0 Å². The highest BCUT2D eigenvalue weighted by Crippen LogP contribution is 2.13. The van der Waals surface area contributed by atoms with Crippen LogP contribution in [-0.2, 0) is 6.54 Å². The van der Waals surface area contributed by atoms with Crippen LogP contribution in [0.25, 0.3) is 0 Å². The first-order chi connectivity index (χ1) is 5.15. The SMILES string of the molecule is C.NCc1c(F)cc(F)cc1F. The van der Waals surface area contributed by atoms with Crippen molar-refractivity contribution in [2.45, 2.75) is 14.0 Å². The molecule has 0 spiro atoms. The Morgan fingerprint density at radius 1 is 1.08 bits per heavy atom. The van der Waals surface area contributed by atoms with Crippen molar-refractivity contribution in [3.05, 3.63) is 35.1 Å². The molecule has 0 unspecified atom stereocenters. The van der Waals surface area contributed by atoms with Gasteiger partial charge in [0.05, 0.1) is 0 Å². The molecule has 1 aromatic carbocycles. The topological polar surface area (TPSA) is 26.0 Å². The molecular weight excluding hydrogens is 167 g/mol. The molecule has 0 aromatic heterocycles. The molecule has 12 heavy (non-hydrogen) atoms. The number of hydrogen-bond donors (Lipinski definition) is 1. The van der Waals surface area contributed by atoms with Gasteiger partial charge in [-0.3, -0.25) is 0 Å². The molecule has 0 saturated carbocycles. The minimum atomic E-state index is -0.940. The van der Waals surface area contributed by atoms with Crippen LogP contribution in [-0.4, -0.2) is 0 Å². The van der Waals surface area contributed by atoms with Gasteiger partial charge >= 0.3 is 0 Å². The van der Waals surface area contributed by atoms with Crippen LogP contribution >= 0.6 is 0 Å². The lowest BCUT2D eigenvalue weighted by Crippen LogP contribution is -2.03. The zero-order chi connectivity index (χ0) is 8.43. The summed E-state index contributed by atoms with van der Waals surface area (Å²) in [6.45, 7) is -0.266. The molecule has 0 atom stereocenters. The summed E-state index contributed by atoms with van der Waals surface area (Å²) in [7, 11) is 0. The quantitative estimate of drug-likeness (QED) is 0.699. The zero-order valence-corrected chi connectivity index (χ0v) is 5.57. The van der Waals surface area contributed by atoms with Crippen LogP contribution in [0.5, 0.6) is 0 Å². The molecule has 0 fully saturated rings. The van der Waals surface area contributed by atoms with Crippen LogP contribution < -0.4 is 5.73 Å². The van der Waals surface area contributed by atoms with E-state index in [1.165, 1.54) is 0 Å². The predicted octanol–water partition coefficient (Wildman–Crippen LogP) is 2.20. The van der Waals surface area contributed by atoms with E-state index < -0.39 is 17.5 Å². The first kappa shape index (κ1) is 11.0. The van der Waals surface area contributed by atoms with Crippen molar-refractivity contribution in [1.82, 2.24) is 0 Å². The predicted molar refractivity (Wildman–Crippen MR) is 40.9 cm³/mol. The average Bonchev–Trinajstić information content (AvgIpc) is 1.85. The van der Waals surface area contributed by atoms with Gasteiger partial charge in [-0.05, 0) is 0 Å². The number of halogens is 3. The summed E-state index contributed by atoms with van der Waals surface area (Å²) in [5, 5.41) is 0. The van der Waals surface area contributed by atoms with Crippen molar-refractivity contribution < 1.29 is 13.2 Å². The molecule has 0 bridgehead atoms. The van der Waals surface area contributed by atoms with Crippen molar-refractivity contribution in [2.75, 3.05) is 0 Å². The van der Waals surface area contributed by atoms with Crippen LogP contribution in [0, 0.1) is 17.5 Å². The molecule has 0 radical (unpaired) electrons. The van der Waals surface area contributed by atoms with Crippen molar-refractivity contribution in [2.24, 2.45) is 5.73 Å². The largest absolute Gasteiger partial charge is 0.326 e. The normalized spacial score (nSPS) is 9.33. The van der Waals surface area contributed by atoms with Gasteiger partial charge in [0.1, 0.15) is 17.5 Å². The fraction of sp³-hybridized carbons (Fsp3) is 0.250. The molecule has 1 rings (SSSR count).